The Morgan fingerprint density at radius 3 is 2.75 bits per heavy atom. The second-order valence-corrected chi connectivity index (χ2v) is 5.59. The van der Waals surface area contributed by atoms with Gasteiger partial charge in [-0.25, -0.2) is 10.1 Å². The lowest BCUT2D eigenvalue weighted by Crippen LogP contribution is -2.36. The summed E-state index contributed by atoms with van der Waals surface area (Å²) in [5, 5.41) is 5.09. The molecule has 1 atom stereocenters. The van der Waals surface area contributed by atoms with Gasteiger partial charge in [0.25, 0.3) is 10.2 Å². The molecule has 0 saturated carbocycles. The van der Waals surface area contributed by atoms with Gasteiger partial charge in [-0.3, -0.25) is 0 Å². The number of hydrogen-bond acceptors (Lipinski definition) is 4. The molecule has 0 saturated heterocycles. The molecule has 0 fully saturated rings. The van der Waals surface area contributed by atoms with Crippen molar-refractivity contribution in [1.29, 1.82) is 0 Å². The summed E-state index contributed by atoms with van der Waals surface area (Å²) in [7, 11) is -0.556. The van der Waals surface area contributed by atoms with E-state index in [1.165, 1.54) is 0 Å². The molecule has 2 rings (SSSR count). The predicted octanol–water partition coefficient (Wildman–Crippen LogP) is 0.311. The molecular weight excluding hydrogens is 280 g/mol. The van der Waals surface area contributed by atoms with Gasteiger partial charge < -0.3 is 9.30 Å². The Kier molecular flexibility index (Phi) is 4.07. The van der Waals surface area contributed by atoms with Crippen molar-refractivity contribution in [3.8, 4) is 5.75 Å². The zero-order valence-corrected chi connectivity index (χ0v) is 12.0. The number of imidazole rings is 1. The van der Waals surface area contributed by atoms with E-state index in [9.17, 15) is 8.42 Å². The van der Waals surface area contributed by atoms with Crippen molar-refractivity contribution in [2.75, 3.05) is 7.11 Å². The summed E-state index contributed by atoms with van der Waals surface area (Å²) in [4.78, 5) is 4.17. The van der Waals surface area contributed by atoms with E-state index in [-0.39, 0.29) is 0 Å². The van der Waals surface area contributed by atoms with E-state index >= 15 is 0 Å². The summed E-state index contributed by atoms with van der Waals surface area (Å²) >= 11 is 0. The molecular formula is C12H16N4O3S. The zero-order chi connectivity index (χ0) is 14.8. The molecule has 20 heavy (non-hydrogen) atoms. The Balaban J connectivity index is 2.48. The van der Waals surface area contributed by atoms with Crippen molar-refractivity contribution in [1.82, 2.24) is 14.3 Å². The third kappa shape index (κ3) is 3.35. The Morgan fingerprint density at radius 2 is 2.20 bits per heavy atom. The fraction of sp³-hybridized carbons (Fsp3) is 0.250. The summed E-state index contributed by atoms with van der Waals surface area (Å²) < 4.78 is 32.0. The monoisotopic (exact) mass is 296 g/mol. The SMILES string of the molecule is COc1cccc(C(NS(N)(=O)=O)c2nccn2C)c1. The first-order valence-corrected chi connectivity index (χ1v) is 7.36. The van der Waals surface area contributed by atoms with E-state index in [1.807, 2.05) is 0 Å². The van der Waals surface area contributed by atoms with Crippen LogP contribution in [0.5, 0.6) is 5.75 Å². The number of aromatic nitrogens is 2. The molecule has 0 aliphatic carbocycles. The van der Waals surface area contributed by atoms with Crippen LogP contribution in [0.1, 0.15) is 17.4 Å². The fourth-order valence-electron chi connectivity index (χ4n) is 1.91. The average molecular weight is 296 g/mol. The van der Waals surface area contributed by atoms with Crippen molar-refractivity contribution in [3.05, 3.63) is 48.0 Å². The second kappa shape index (κ2) is 5.61. The number of hydrogen-bond donors (Lipinski definition) is 2. The average Bonchev–Trinajstić information content (AvgIpc) is 2.81. The fourth-order valence-corrected chi connectivity index (χ4v) is 2.48. The van der Waals surface area contributed by atoms with Gasteiger partial charge in [0.15, 0.2) is 0 Å². The first kappa shape index (κ1) is 14.5. The number of benzene rings is 1. The number of rotatable bonds is 5. The number of nitrogens with one attached hydrogen (secondary N) is 1. The minimum absolute atomic E-state index is 0.535. The molecule has 0 aliphatic rings. The molecule has 8 heteroatoms. The van der Waals surface area contributed by atoms with E-state index < -0.39 is 16.3 Å². The highest BCUT2D eigenvalue weighted by atomic mass is 32.2. The lowest BCUT2D eigenvalue weighted by Gasteiger charge is -2.18. The largest absolute Gasteiger partial charge is 0.497 e. The van der Waals surface area contributed by atoms with Crippen LogP contribution in [-0.4, -0.2) is 25.1 Å². The van der Waals surface area contributed by atoms with Crippen LogP contribution >= 0.6 is 0 Å². The zero-order valence-electron chi connectivity index (χ0n) is 11.1. The summed E-state index contributed by atoms with van der Waals surface area (Å²) in [6.07, 6.45) is 3.32. The van der Waals surface area contributed by atoms with Crippen LogP contribution < -0.4 is 14.6 Å². The minimum Gasteiger partial charge on any atom is -0.497 e. The molecule has 0 bridgehead atoms. The quantitative estimate of drug-likeness (QED) is 0.829. The van der Waals surface area contributed by atoms with Crippen LogP contribution in [-0.2, 0) is 17.3 Å². The molecule has 7 nitrogen and oxygen atoms in total. The molecule has 2 aromatic rings. The van der Waals surface area contributed by atoms with Gasteiger partial charge in [0.05, 0.1) is 7.11 Å². The summed E-state index contributed by atoms with van der Waals surface area (Å²) in [5.41, 5.74) is 0.688. The number of nitrogens with two attached hydrogens (primary N) is 1. The topological polar surface area (TPSA) is 99.2 Å². The van der Waals surface area contributed by atoms with E-state index in [4.69, 9.17) is 9.88 Å². The maximum Gasteiger partial charge on any atom is 0.275 e. The Hall–Kier alpha value is -1.90. The van der Waals surface area contributed by atoms with Crippen LogP contribution in [0.15, 0.2) is 36.7 Å². The van der Waals surface area contributed by atoms with Crippen LogP contribution in [0.4, 0.5) is 0 Å². The van der Waals surface area contributed by atoms with Crippen LogP contribution in [0.25, 0.3) is 0 Å². The molecule has 0 radical (unpaired) electrons. The maximum absolute atomic E-state index is 11.4. The highest BCUT2D eigenvalue weighted by Gasteiger charge is 2.22. The molecule has 1 unspecified atom stereocenters. The Labute approximate surface area is 117 Å². The van der Waals surface area contributed by atoms with E-state index in [0.717, 1.165) is 0 Å². The minimum atomic E-state index is -3.88. The molecule has 0 aliphatic heterocycles. The van der Waals surface area contributed by atoms with Crippen molar-refractivity contribution < 1.29 is 13.2 Å². The van der Waals surface area contributed by atoms with Crippen LogP contribution in [0, 0.1) is 0 Å². The van der Waals surface area contributed by atoms with Gasteiger partial charge in [-0.1, -0.05) is 12.1 Å². The van der Waals surface area contributed by atoms with Crippen LogP contribution in [0.2, 0.25) is 0 Å². The summed E-state index contributed by atoms with van der Waals surface area (Å²) in [6.45, 7) is 0. The van der Waals surface area contributed by atoms with Gasteiger partial charge in [0.1, 0.15) is 17.6 Å². The van der Waals surface area contributed by atoms with Gasteiger partial charge in [-0.05, 0) is 17.7 Å². The summed E-state index contributed by atoms with van der Waals surface area (Å²) in [5.74, 6) is 1.16. The van der Waals surface area contributed by atoms with E-state index in [1.54, 1.807) is 55.4 Å². The third-order valence-electron chi connectivity index (χ3n) is 2.83. The third-order valence-corrected chi connectivity index (χ3v) is 3.39. The number of aryl methyl sites for hydroxylation is 1. The molecule has 3 N–H and O–H groups in total. The number of nitrogens with zero attached hydrogens (tertiary/aromatic N) is 2. The van der Waals surface area contributed by atoms with Crippen molar-refractivity contribution in [2.24, 2.45) is 12.2 Å². The summed E-state index contributed by atoms with van der Waals surface area (Å²) in [6, 6.07) is 6.38. The first-order chi connectivity index (χ1) is 9.40. The van der Waals surface area contributed by atoms with E-state index in [0.29, 0.717) is 17.1 Å². The molecule has 0 spiro atoms. The number of ether oxygens (including phenoxy) is 1. The second-order valence-electron chi connectivity index (χ2n) is 4.27. The van der Waals surface area contributed by atoms with Crippen molar-refractivity contribution in [2.45, 2.75) is 6.04 Å². The van der Waals surface area contributed by atoms with Gasteiger partial charge in [-0.2, -0.15) is 13.1 Å². The number of methoxy groups -OCH3 is 1. The predicted molar refractivity (Wildman–Crippen MR) is 74.3 cm³/mol. The highest BCUT2D eigenvalue weighted by molar-refractivity contribution is 7.87. The van der Waals surface area contributed by atoms with Crippen molar-refractivity contribution in [3.63, 3.8) is 0 Å². The lowest BCUT2D eigenvalue weighted by molar-refractivity contribution is 0.413. The lowest BCUT2D eigenvalue weighted by atomic mass is 10.1. The standard InChI is InChI=1S/C12H16N4O3S/c1-16-7-6-14-12(16)11(15-20(13,17)18)9-4-3-5-10(8-9)19-2/h3-8,11,15H,1-2H3,(H2,13,17,18). The molecule has 108 valence electrons. The van der Waals surface area contributed by atoms with Gasteiger partial charge in [0, 0.05) is 19.4 Å². The van der Waals surface area contributed by atoms with Gasteiger partial charge in [-0.15, -0.1) is 0 Å². The molecule has 1 aromatic heterocycles. The van der Waals surface area contributed by atoms with Gasteiger partial charge >= 0.3 is 0 Å². The molecule has 1 aromatic carbocycles. The van der Waals surface area contributed by atoms with Crippen molar-refractivity contribution >= 4 is 10.2 Å². The Bertz CT molecular complexity index is 696. The molecule has 1 heterocycles. The Morgan fingerprint density at radius 1 is 1.45 bits per heavy atom. The smallest absolute Gasteiger partial charge is 0.275 e. The maximum atomic E-state index is 11.4. The first-order valence-electron chi connectivity index (χ1n) is 5.82. The van der Waals surface area contributed by atoms with Gasteiger partial charge in [0.2, 0.25) is 0 Å². The normalized spacial score (nSPS) is 13.2. The van der Waals surface area contributed by atoms with Crippen LogP contribution in [0.3, 0.4) is 0 Å². The van der Waals surface area contributed by atoms with E-state index in [2.05, 4.69) is 9.71 Å². The molecule has 0 amide bonds. The highest BCUT2D eigenvalue weighted by Crippen LogP contribution is 2.24.